The molecule has 1 fully saturated rings. The van der Waals surface area contributed by atoms with Gasteiger partial charge in [0.05, 0.1) is 5.69 Å². The number of aromatic nitrogens is 1. The molecule has 1 heterocycles. The van der Waals surface area contributed by atoms with Crippen LogP contribution < -0.4 is 16.8 Å². The molecule has 1 aliphatic rings. The second-order valence-corrected chi connectivity index (χ2v) is 4.77. The number of hydrogen-bond acceptors (Lipinski definition) is 4. The van der Waals surface area contributed by atoms with Crippen molar-refractivity contribution in [2.75, 3.05) is 23.3 Å². The highest BCUT2D eigenvalue weighted by atomic mass is 15.0. The molecule has 0 unspecified atom stereocenters. The Balaban J connectivity index is 1.92. The lowest BCUT2D eigenvalue weighted by atomic mass is 10.0. The minimum atomic E-state index is 0.408. The predicted molar refractivity (Wildman–Crippen MR) is 68.1 cm³/mol. The van der Waals surface area contributed by atoms with Crippen LogP contribution in [0.25, 0.3) is 0 Å². The zero-order valence-corrected chi connectivity index (χ0v) is 9.79. The third kappa shape index (κ3) is 2.38. The molecular weight excluding hydrogens is 200 g/mol. The molecule has 0 bridgehead atoms. The molecule has 1 aromatic heterocycles. The lowest BCUT2D eigenvalue weighted by Gasteiger charge is -2.15. The summed E-state index contributed by atoms with van der Waals surface area (Å²) < 4.78 is 0. The molecule has 0 saturated heterocycles. The average molecular weight is 220 g/mol. The Morgan fingerprint density at radius 1 is 1.38 bits per heavy atom. The Morgan fingerprint density at radius 3 is 2.69 bits per heavy atom. The van der Waals surface area contributed by atoms with Crippen molar-refractivity contribution < 1.29 is 0 Å². The molecule has 16 heavy (non-hydrogen) atoms. The van der Waals surface area contributed by atoms with Crippen molar-refractivity contribution in [3.63, 3.8) is 0 Å². The fourth-order valence-electron chi connectivity index (χ4n) is 2.08. The van der Waals surface area contributed by atoms with Gasteiger partial charge in [-0.05, 0) is 36.8 Å². The molecular formula is C12H20N4. The molecule has 4 nitrogen and oxygen atoms in total. The Kier molecular flexibility index (Phi) is 2.90. The van der Waals surface area contributed by atoms with Crippen LogP contribution in [0, 0.1) is 5.41 Å². The molecule has 4 heteroatoms. The Morgan fingerprint density at radius 2 is 2.12 bits per heavy atom. The molecule has 0 amide bonds. The third-order valence-corrected chi connectivity index (χ3v) is 3.34. The molecule has 0 aliphatic heterocycles. The SMILES string of the molecule is CCCC1(CNc2ccc(N)c(N)n2)CC1. The maximum absolute atomic E-state index is 5.66. The number of nitrogens with two attached hydrogens (primary N) is 2. The van der Waals surface area contributed by atoms with Gasteiger partial charge in [0.2, 0.25) is 0 Å². The first kappa shape index (κ1) is 11.0. The van der Waals surface area contributed by atoms with Crippen molar-refractivity contribution in [2.45, 2.75) is 32.6 Å². The zero-order chi connectivity index (χ0) is 11.6. The van der Waals surface area contributed by atoms with E-state index >= 15 is 0 Å². The molecule has 1 aromatic rings. The molecule has 0 aromatic carbocycles. The van der Waals surface area contributed by atoms with Gasteiger partial charge in [-0.25, -0.2) is 4.98 Å². The van der Waals surface area contributed by atoms with E-state index in [1.54, 1.807) is 6.07 Å². The van der Waals surface area contributed by atoms with Gasteiger partial charge in [-0.15, -0.1) is 0 Å². The van der Waals surface area contributed by atoms with E-state index < -0.39 is 0 Å². The monoisotopic (exact) mass is 220 g/mol. The minimum absolute atomic E-state index is 0.408. The van der Waals surface area contributed by atoms with Gasteiger partial charge >= 0.3 is 0 Å². The second-order valence-electron chi connectivity index (χ2n) is 4.77. The van der Waals surface area contributed by atoms with Crippen LogP contribution in [-0.4, -0.2) is 11.5 Å². The lowest BCUT2D eigenvalue weighted by Crippen LogP contribution is -2.16. The summed E-state index contributed by atoms with van der Waals surface area (Å²) >= 11 is 0. The van der Waals surface area contributed by atoms with Crippen LogP contribution in [0.3, 0.4) is 0 Å². The molecule has 2 rings (SSSR count). The van der Waals surface area contributed by atoms with Crippen LogP contribution in [0.1, 0.15) is 32.6 Å². The van der Waals surface area contributed by atoms with E-state index in [2.05, 4.69) is 17.2 Å². The first-order valence-corrected chi connectivity index (χ1v) is 5.91. The van der Waals surface area contributed by atoms with Crippen molar-refractivity contribution in [2.24, 2.45) is 5.41 Å². The Bertz CT molecular complexity index is 371. The van der Waals surface area contributed by atoms with Crippen LogP contribution in [0.5, 0.6) is 0 Å². The van der Waals surface area contributed by atoms with Crippen molar-refractivity contribution in [1.29, 1.82) is 0 Å². The summed E-state index contributed by atoms with van der Waals surface area (Å²) in [5.41, 5.74) is 12.3. The number of hydrogen-bond donors (Lipinski definition) is 3. The first-order chi connectivity index (χ1) is 7.65. The first-order valence-electron chi connectivity index (χ1n) is 5.91. The fourth-order valence-corrected chi connectivity index (χ4v) is 2.08. The second kappa shape index (κ2) is 4.20. The van der Waals surface area contributed by atoms with Crippen molar-refractivity contribution in [1.82, 2.24) is 4.98 Å². The molecule has 5 N–H and O–H groups in total. The van der Waals surface area contributed by atoms with Crippen LogP contribution >= 0.6 is 0 Å². The van der Waals surface area contributed by atoms with Crippen molar-refractivity contribution >= 4 is 17.3 Å². The molecule has 1 saturated carbocycles. The van der Waals surface area contributed by atoms with E-state index in [1.807, 2.05) is 6.07 Å². The van der Waals surface area contributed by atoms with Gasteiger partial charge in [-0.3, -0.25) is 0 Å². The standard InChI is InChI=1S/C12H20N4/c1-2-5-12(6-7-12)8-15-10-4-3-9(13)11(14)16-10/h3-4H,2,5-8,13H2,1H3,(H3,14,15,16). The van der Waals surface area contributed by atoms with Gasteiger partial charge in [0.25, 0.3) is 0 Å². The van der Waals surface area contributed by atoms with Gasteiger partial charge in [-0.2, -0.15) is 0 Å². The predicted octanol–water partition coefficient (Wildman–Crippen LogP) is 2.24. The Labute approximate surface area is 96.4 Å². The van der Waals surface area contributed by atoms with E-state index in [4.69, 9.17) is 11.5 Å². The van der Waals surface area contributed by atoms with Crippen LogP contribution in [0.15, 0.2) is 12.1 Å². The normalized spacial score (nSPS) is 17.1. The Hall–Kier alpha value is -1.45. The highest BCUT2D eigenvalue weighted by Gasteiger charge is 2.41. The van der Waals surface area contributed by atoms with Crippen LogP contribution in [0.4, 0.5) is 17.3 Å². The maximum atomic E-state index is 5.66. The summed E-state index contributed by atoms with van der Waals surface area (Å²) in [5, 5.41) is 3.35. The molecule has 88 valence electrons. The topological polar surface area (TPSA) is 77.0 Å². The summed E-state index contributed by atoms with van der Waals surface area (Å²) in [6.07, 6.45) is 5.21. The molecule has 0 atom stereocenters. The molecule has 1 aliphatic carbocycles. The minimum Gasteiger partial charge on any atom is -0.396 e. The average Bonchev–Trinajstić information content (AvgIpc) is 3.01. The highest BCUT2D eigenvalue weighted by molar-refractivity contribution is 5.61. The zero-order valence-electron chi connectivity index (χ0n) is 9.79. The maximum Gasteiger partial charge on any atom is 0.149 e. The largest absolute Gasteiger partial charge is 0.396 e. The quantitative estimate of drug-likeness (QED) is 0.711. The summed E-state index contributed by atoms with van der Waals surface area (Å²) in [4.78, 5) is 4.21. The van der Waals surface area contributed by atoms with Crippen molar-refractivity contribution in [3.05, 3.63) is 12.1 Å². The van der Waals surface area contributed by atoms with E-state index in [0.717, 1.165) is 12.4 Å². The number of nitrogens with zero attached hydrogens (tertiary/aromatic N) is 1. The van der Waals surface area contributed by atoms with Gasteiger partial charge in [0.15, 0.2) is 0 Å². The fraction of sp³-hybridized carbons (Fsp3) is 0.583. The lowest BCUT2D eigenvalue weighted by molar-refractivity contribution is 0.485. The van der Waals surface area contributed by atoms with E-state index in [9.17, 15) is 0 Å². The third-order valence-electron chi connectivity index (χ3n) is 3.34. The number of rotatable bonds is 5. The highest BCUT2D eigenvalue weighted by Crippen LogP contribution is 2.49. The number of pyridine rings is 1. The summed E-state index contributed by atoms with van der Waals surface area (Å²) in [7, 11) is 0. The summed E-state index contributed by atoms with van der Waals surface area (Å²) in [5.74, 6) is 1.24. The number of nitrogens with one attached hydrogen (secondary N) is 1. The van der Waals surface area contributed by atoms with E-state index in [1.165, 1.54) is 25.7 Å². The van der Waals surface area contributed by atoms with Crippen LogP contribution in [0.2, 0.25) is 0 Å². The summed E-state index contributed by atoms with van der Waals surface area (Å²) in [6.45, 7) is 3.23. The number of nitrogen functional groups attached to an aromatic ring is 2. The van der Waals surface area contributed by atoms with Gasteiger partial charge < -0.3 is 16.8 Å². The van der Waals surface area contributed by atoms with E-state index in [0.29, 0.717) is 16.9 Å². The molecule has 0 spiro atoms. The summed E-state index contributed by atoms with van der Waals surface area (Å²) in [6, 6.07) is 3.68. The van der Waals surface area contributed by atoms with Gasteiger partial charge in [0, 0.05) is 6.54 Å². The molecule has 0 radical (unpaired) electrons. The van der Waals surface area contributed by atoms with Crippen LogP contribution in [-0.2, 0) is 0 Å². The van der Waals surface area contributed by atoms with Gasteiger partial charge in [0.1, 0.15) is 11.6 Å². The van der Waals surface area contributed by atoms with Crippen molar-refractivity contribution in [3.8, 4) is 0 Å². The number of anilines is 3. The van der Waals surface area contributed by atoms with Gasteiger partial charge in [-0.1, -0.05) is 13.3 Å². The van der Waals surface area contributed by atoms with E-state index in [-0.39, 0.29) is 0 Å². The smallest absolute Gasteiger partial charge is 0.149 e.